The molecule has 2 aromatic rings. The van der Waals surface area contributed by atoms with Gasteiger partial charge in [-0.1, -0.05) is 11.6 Å². The molecular formula is C23H28ClN5O3. The highest BCUT2D eigenvalue weighted by Crippen LogP contribution is 2.18. The summed E-state index contributed by atoms with van der Waals surface area (Å²) < 4.78 is 7.37. The van der Waals surface area contributed by atoms with Crippen LogP contribution in [0.5, 0.6) is 5.75 Å². The van der Waals surface area contributed by atoms with Crippen LogP contribution >= 0.6 is 11.6 Å². The Labute approximate surface area is 193 Å². The second-order valence-corrected chi connectivity index (χ2v) is 8.22. The molecule has 170 valence electrons. The van der Waals surface area contributed by atoms with E-state index in [1.54, 1.807) is 29.2 Å². The third kappa shape index (κ3) is 6.01. The smallest absolute Gasteiger partial charge is 0.260 e. The fourth-order valence-electron chi connectivity index (χ4n) is 3.83. The number of hydrogen-bond acceptors (Lipinski definition) is 5. The van der Waals surface area contributed by atoms with Crippen LogP contribution in [0.4, 0.5) is 0 Å². The van der Waals surface area contributed by atoms with E-state index in [0.29, 0.717) is 62.8 Å². The predicted molar refractivity (Wildman–Crippen MR) is 120 cm³/mol. The predicted octanol–water partition coefficient (Wildman–Crippen LogP) is 2.75. The average Bonchev–Trinajstić information content (AvgIpc) is 3.07. The summed E-state index contributed by atoms with van der Waals surface area (Å²) in [5.41, 5.74) is 3.00. The van der Waals surface area contributed by atoms with Gasteiger partial charge in [0.05, 0.1) is 24.7 Å². The van der Waals surface area contributed by atoms with Gasteiger partial charge in [-0.2, -0.15) is 10.4 Å². The minimum absolute atomic E-state index is 0.0378. The van der Waals surface area contributed by atoms with Crippen molar-refractivity contribution in [1.29, 1.82) is 5.26 Å². The number of nitrogens with zero attached hydrogens (tertiary/aromatic N) is 5. The van der Waals surface area contributed by atoms with E-state index in [0.717, 1.165) is 17.0 Å². The zero-order valence-electron chi connectivity index (χ0n) is 18.5. The average molecular weight is 458 g/mol. The normalized spacial score (nSPS) is 13.7. The lowest BCUT2D eigenvalue weighted by atomic mass is 10.1. The second-order valence-electron chi connectivity index (χ2n) is 7.78. The van der Waals surface area contributed by atoms with Crippen molar-refractivity contribution in [1.82, 2.24) is 19.6 Å². The molecule has 1 aromatic heterocycles. The lowest BCUT2D eigenvalue weighted by molar-refractivity contribution is -0.140. The summed E-state index contributed by atoms with van der Waals surface area (Å²) >= 11 is 5.85. The van der Waals surface area contributed by atoms with Crippen molar-refractivity contribution in [3.05, 3.63) is 46.2 Å². The van der Waals surface area contributed by atoms with E-state index in [1.807, 2.05) is 23.4 Å². The minimum atomic E-state index is -0.0944. The topological polar surface area (TPSA) is 91.5 Å². The van der Waals surface area contributed by atoms with Gasteiger partial charge in [-0.25, -0.2) is 0 Å². The molecular weight excluding hydrogens is 430 g/mol. The summed E-state index contributed by atoms with van der Waals surface area (Å²) in [7, 11) is 0. The molecule has 2 amide bonds. The van der Waals surface area contributed by atoms with E-state index in [2.05, 4.69) is 11.2 Å². The van der Waals surface area contributed by atoms with Crippen LogP contribution in [0.2, 0.25) is 5.02 Å². The van der Waals surface area contributed by atoms with Gasteiger partial charge in [0, 0.05) is 43.3 Å². The van der Waals surface area contributed by atoms with Crippen molar-refractivity contribution in [2.75, 3.05) is 32.8 Å². The molecule has 1 aromatic carbocycles. The van der Waals surface area contributed by atoms with E-state index in [9.17, 15) is 9.59 Å². The Bertz CT molecular complexity index is 988. The number of hydrogen-bond donors (Lipinski definition) is 0. The zero-order valence-corrected chi connectivity index (χ0v) is 19.3. The van der Waals surface area contributed by atoms with Crippen molar-refractivity contribution in [3.8, 4) is 11.8 Å². The molecule has 0 unspecified atom stereocenters. The monoisotopic (exact) mass is 457 g/mol. The van der Waals surface area contributed by atoms with E-state index >= 15 is 0 Å². The summed E-state index contributed by atoms with van der Waals surface area (Å²) in [4.78, 5) is 28.7. The van der Waals surface area contributed by atoms with E-state index < -0.39 is 0 Å². The summed E-state index contributed by atoms with van der Waals surface area (Å²) in [5, 5.41) is 13.9. The molecule has 3 rings (SSSR count). The molecule has 0 saturated carbocycles. The van der Waals surface area contributed by atoms with E-state index in [1.165, 1.54) is 0 Å². The number of halogens is 1. The van der Waals surface area contributed by atoms with Gasteiger partial charge in [-0.3, -0.25) is 14.3 Å². The van der Waals surface area contributed by atoms with Crippen LogP contribution in [0.1, 0.15) is 29.8 Å². The number of benzene rings is 1. The van der Waals surface area contributed by atoms with Gasteiger partial charge >= 0.3 is 0 Å². The number of aryl methyl sites for hydroxylation is 2. The maximum atomic E-state index is 12.7. The number of carbonyl (C=O) groups is 2. The highest BCUT2D eigenvalue weighted by atomic mass is 35.5. The Morgan fingerprint density at radius 2 is 1.72 bits per heavy atom. The van der Waals surface area contributed by atoms with Crippen molar-refractivity contribution in [2.45, 2.75) is 39.7 Å². The number of rotatable bonds is 8. The Kier molecular flexibility index (Phi) is 8.12. The highest BCUT2D eigenvalue weighted by Gasteiger charge is 2.24. The number of ether oxygens (including phenoxy) is 1. The molecule has 0 bridgehead atoms. The Morgan fingerprint density at radius 1 is 1.09 bits per heavy atom. The summed E-state index contributed by atoms with van der Waals surface area (Å²) in [6, 6.07) is 9.01. The molecule has 0 N–H and O–H groups in total. The molecule has 2 heterocycles. The third-order valence-corrected chi connectivity index (χ3v) is 5.97. The van der Waals surface area contributed by atoms with Crippen molar-refractivity contribution in [2.24, 2.45) is 0 Å². The first-order valence-corrected chi connectivity index (χ1v) is 11.1. The molecule has 1 saturated heterocycles. The fraction of sp³-hybridized carbons (Fsp3) is 0.478. The maximum absolute atomic E-state index is 12.7. The van der Waals surface area contributed by atoms with Gasteiger partial charge in [0.15, 0.2) is 6.61 Å². The molecule has 8 nitrogen and oxygen atoms in total. The van der Waals surface area contributed by atoms with Gasteiger partial charge in [0.1, 0.15) is 5.75 Å². The number of amides is 2. The van der Waals surface area contributed by atoms with Crippen LogP contribution in [0.15, 0.2) is 24.3 Å². The van der Waals surface area contributed by atoms with Crippen LogP contribution < -0.4 is 4.74 Å². The number of nitriles is 1. The lowest BCUT2D eigenvalue weighted by Crippen LogP contribution is -2.51. The van der Waals surface area contributed by atoms with Crippen LogP contribution in [0.25, 0.3) is 0 Å². The number of aromatic nitrogens is 2. The van der Waals surface area contributed by atoms with Crippen LogP contribution in [-0.4, -0.2) is 64.2 Å². The summed E-state index contributed by atoms with van der Waals surface area (Å²) in [6.45, 7) is 6.48. The first kappa shape index (κ1) is 23.6. The van der Waals surface area contributed by atoms with Crippen LogP contribution in [0.3, 0.4) is 0 Å². The van der Waals surface area contributed by atoms with E-state index in [4.69, 9.17) is 21.6 Å². The Hall–Kier alpha value is -3.05. The first-order valence-electron chi connectivity index (χ1n) is 10.7. The van der Waals surface area contributed by atoms with Crippen molar-refractivity contribution < 1.29 is 14.3 Å². The lowest BCUT2D eigenvalue weighted by Gasteiger charge is -2.34. The summed E-state index contributed by atoms with van der Waals surface area (Å²) in [5.74, 6) is 0.583. The molecule has 1 aliphatic rings. The molecule has 1 aliphatic heterocycles. The maximum Gasteiger partial charge on any atom is 0.260 e. The second kappa shape index (κ2) is 11.0. The number of carbonyl (C=O) groups excluding carboxylic acids is 2. The van der Waals surface area contributed by atoms with Crippen molar-refractivity contribution in [3.63, 3.8) is 0 Å². The Balaban J connectivity index is 1.43. The molecule has 1 fully saturated rings. The third-order valence-electron chi connectivity index (χ3n) is 5.72. The standard InChI is InChI=1S/C23H28ClN5O3/c1-17-21(18(2)29(26-17)11-3-10-25)8-9-22(30)27-12-14-28(15-13-27)23(31)16-32-20-6-4-19(24)5-7-20/h4-7H,3,8-9,11-16H2,1-2H3. The highest BCUT2D eigenvalue weighted by molar-refractivity contribution is 6.30. The minimum Gasteiger partial charge on any atom is -0.484 e. The van der Waals surface area contributed by atoms with Crippen LogP contribution in [0, 0.1) is 25.2 Å². The molecule has 0 radical (unpaired) electrons. The molecule has 0 spiro atoms. The number of piperazine rings is 1. The van der Waals surface area contributed by atoms with Gasteiger partial charge in [-0.05, 0) is 50.1 Å². The van der Waals surface area contributed by atoms with Gasteiger partial charge in [-0.15, -0.1) is 0 Å². The van der Waals surface area contributed by atoms with Gasteiger partial charge in [0.25, 0.3) is 5.91 Å². The SMILES string of the molecule is Cc1nn(CCC#N)c(C)c1CCC(=O)N1CCN(C(=O)COc2ccc(Cl)cc2)CC1. The van der Waals surface area contributed by atoms with Crippen LogP contribution in [-0.2, 0) is 22.6 Å². The summed E-state index contributed by atoms with van der Waals surface area (Å²) in [6.07, 6.45) is 1.43. The largest absolute Gasteiger partial charge is 0.484 e. The molecule has 32 heavy (non-hydrogen) atoms. The molecule has 9 heteroatoms. The molecule has 0 atom stereocenters. The van der Waals surface area contributed by atoms with Crippen molar-refractivity contribution >= 4 is 23.4 Å². The first-order chi connectivity index (χ1) is 15.4. The Morgan fingerprint density at radius 3 is 2.34 bits per heavy atom. The zero-order chi connectivity index (χ0) is 23.1. The molecule has 0 aliphatic carbocycles. The van der Waals surface area contributed by atoms with E-state index in [-0.39, 0.29) is 18.4 Å². The fourth-order valence-corrected chi connectivity index (χ4v) is 3.96. The quantitative estimate of drug-likeness (QED) is 0.607. The van der Waals surface area contributed by atoms with Gasteiger partial charge in [0.2, 0.25) is 5.91 Å². The van der Waals surface area contributed by atoms with Gasteiger partial charge < -0.3 is 14.5 Å².